The number of benzene rings is 1. The van der Waals surface area contributed by atoms with Gasteiger partial charge in [0.15, 0.2) is 11.8 Å². The number of amides is 1. The molecule has 162 valence electrons. The maximum Gasteiger partial charge on any atom is 0.224 e. The number of rotatable bonds is 8. The Morgan fingerprint density at radius 1 is 1.37 bits per heavy atom. The predicted octanol–water partition coefficient (Wildman–Crippen LogP) is 0.953. The number of aromatic nitrogens is 3. The molecule has 3 rings (SSSR count). The molecule has 0 bridgehead atoms. The highest BCUT2D eigenvalue weighted by molar-refractivity contribution is 5.81. The fourth-order valence-corrected chi connectivity index (χ4v) is 3.48. The summed E-state index contributed by atoms with van der Waals surface area (Å²) in [7, 11) is 5.21. The first-order chi connectivity index (χ1) is 14.6. The van der Waals surface area contributed by atoms with Gasteiger partial charge in [-0.05, 0) is 12.0 Å². The molecule has 1 unspecified atom stereocenters. The van der Waals surface area contributed by atoms with E-state index in [1.165, 1.54) is 0 Å². The van der Waals surface area contributed by atoms with Crippen molar-refractivity contribution in [2.45, 2.75) is 45.0 Å². The molecule has 1 aromatic carbocycles. The lowest BCUT2D eigenvalue weighted by Gasteiger charge is -2.25. The van der Waals surface area contributed by atoms with Crippen LogP contribution in [-0.2, 0) is 35.6 Å². The Bertz CT molecular complexity index is 850. The third kappa shape index (κ3) is 6.03. The average Bonchev–Trinajstić information content (AvgIpc) is 3.15. The lowest BCUT2D eigenvalue weighted by atomic mass is 10.1. The van der Waals surface area contributed by atoms with Gasteiger partial charge in [0.2, 0.25) is 5.91 Å². The molecular weight excluding hydrogens is 382 g/mol. The number of carbonyl (C=O) groups is 1. The number of hydrogen-bond acceptors (Lipinski definition) is 5. The van der Waals surface area contributed by atoms with E-state index in [2.05, 4.69) is 25.7 Å². The zero-order valence-electron chi connectivity index (χ0n) is 18.0. The summed E-state index contributed by atoms with van der Waals surface area (Å²) in [5.41, 5.74) is 1.12. The molecular formula is C21H31N7O2. The zero-order valence-corrected chi connectivity index (χ0v) is 18.0. The predicted molar refractivity (Wildman–Crippen MR) is 115 cm³/mol. The van der Waals surface area contributed by atoms with Crippen LogP contribution in [0.5, 0.6) is 0 Å². The minimum atomic E-state index is 0.0948. The van der Waals surface area contributed by atoms with Crippen LogP contribution in [0.2, 0.25) is 0 Å². The zero-order chi connectivity index (χ0) is 21.3. The Hall–Kier alpha value is -2.94. The summed E-state index contributed by atoms with van der Waals surface area (Å²) in [6.45, 7) is 2.29. The van der Waals surface area contributed by atoms with E-state index in [1.54, 1.807) is 19.1 Å². The molecule has 1 aromatic heterocycles. The third-order valence-electron chi connectivity index (χ3n) is 5.06. The maximum absolute atomic E-state index is 12.4. The fraction of sp³-hybridized carbons (Fsp3) is 0.524. The summed E-state index contributed by atoms with van der Waals surface area (Å²) in [5, 5.41) is 11.2. The van der Waals surface area contributed by atoms with Crippen molar-refractivity contribution >= 4 is 11.9 Å². The molecule has 0 fully saturated rings. The van der Waals surface area contributed by atoms with Gasteiger partial charge in [-0.25, -0.2) is 9.67 Å². The van der Waals surface area contributed by atoms with E-state index in [4.69, 9.17) is 4.74 Å². The summed E-state index contributed by atoms with van der Waals surface area (Å²) in [5.74, 6) is 2.50. The number of aryl methyl sites for hydroxylation is 1. The van der Waals surface area contributed by atoms with Crippen molar-refractivity contribution in [2.75, 3.05) is 27.7 Å². The van der Waals surface area contributed by atoms with Crippen molar-refractivity contribution in [3.63, 3.8) is 0 Å². The first kappa shape index (κ1) is 21.8. The van der Waals surface area contributed by atoms with Gasteiger partial charge in [-0.3, -0.25) is 9.79 Å². The molecule has 9 nitrogen and oxygen atoms in total. The molecule has 30 heavy (non-hydrogen) atoms. The Kier molecular flexibility index (Phi) is 7.78. The van der Waals surface area contributed by atoms with Gasteiger partial charge in [-0.15, -0.1) is 0 Å². The van der Waals surface area contributed by atoms with E-state index >= 15 is 0 Å². The quantitative estimate of drug-likeness (QED) is 0.494. The number of fused-ring (bicyclic) bond motifs is 1. The molecule has 1 aliphatic heterocycles. The van der Waals surface area contributed by atoms with E-state index in [0.29, 0.717) is 37.9 Å². The number of carbonyl (C=O) groups excluding carboxylic acids is 1. The Labute approximate surface area is 177 Å². The highest BCUT2D eigenvalue weighted by atomic mass is 16.5. The summed E-state index contributed by atoms with van der Waals surface area (Å²) in [6.07, 6.45) is 2.21. The SMILES string of the molecule is CN=C(NCCC(=O)N(C)Cc1ccccc1)NC1CCc2nc(COC)nn2C1. The first-order valence-electron chi connectivity index (χ1n) is 10.3. The second kappa shape index (κ2) is 10.7. The number of nitrogens with zero attached hydrogens (tertiary/aromatic N) is 5. The molecule has 9 heteroatoms. The molecule has 2 heterocycles. The second-order valence-corrected chi connectivity index (χ2v) is 7.42. The highest BCUT2D eigenvalue weighted by Gasteiger charge is 2.22. The van der Waals surface area contributed by atoms with Crippen molar-refractivity contribution in [1.29, 1.82) is 0 Å². The maximum atomic E-state index is 12.4. The lowest BCUT2D eigenvalue weighted by molar-refractivity contribution is -0.130. The monoisotopic (exact) mass is 413 g/mol. The van der Waals surface area contributed by atoms with Gasteiger partial charge in [0, 0.05) is 53.2 Å². The number of nitrogens with one attached hydrogen (secondary N) is 2. The van der Waals surface area contributed by atoms with Crippen LogP contribution in [0.25, 0.3) is 0 Å². The summed E-state index contributed by atoms with van der Waals surface area (Å²) >= 11 is 0. The molecule has 0 radical (unpaired) electrons. The van der Waals surface area contributed by atoms with Gasteiger partial charge >= 0.3 is 0 Å². The number of ether oxygens (including phenoxy) is 1. The number of guanidine groups is 1. The topological polar surface area (TPSA) is 96.7 Å². The van der Waals surface area contributed by atoms with Gasteiger partial charge in [0.25, 0.3) is 0 Å². The third-order valence-corrected chi connectivity index (χ3v) is 5.06. The van der Waals surface area contributed by atoms with Crippen LogP contribution < -0.4 is 10.6 Å². The lowest BCUT2D eigenvalue weighted by Crippen LogP contribution is -2.47. The largest absolute Gasteiger partial charge is 0.377 e. The Morgan fingerprint density at radius 2 is 2.17 bits per heavy atom. The van der Waals surface area contributed by atoms with E-state index < -0.39 is 0 Å². The van der Waals surface area contributed by atoms with Crippen molar-refractivity contribution < 1.29 is 9.53 Å². The minimum absolute atomic E-state index is 0.0948. The van der Waals surface area contributed by atoms with Crippen LogP contribution in [0.4, 0.5) is 0 Å². The Balaban J connectivity index is 1.42. The molecule has 0 saturated carbocycles. The van der Waals surface area contributed by atoms with Crippen molar-refractivity contribution in [1.82, 2.24) is 30.3 Å². The van der Waals surface area contributed by atoms with Gasteiger partial charge in [-0.1, -0.05) is 30.3 Å². The van der Waals surface area contributed by atoms with Gasteiger partial charge in [0.1, 0.15) is 12.4 Å². The number of aliphatic imine (C=N–C) groups is 1. The van der Waals surface area contributed by atoms with Crippen LogP contribution >= 0.6 is 0 Å². The van der Waals surface area contributed by atoms with E-state index in [1.807, 2.05) is 42.1 Å². The van der Waals surface area contributed by atoms with Crippen LogP contribution in [-0.4, -0.2) is 65.3 Å². The molecule has 2 aromatic rings. The van der Waals surface area contributed by atoms with Gasteiger partial charge in [0.05, 0.1) is 6.54 Å². The van der Waals surface area contributed by atoms with Crippen molar-refractivity contribution in [3.05, 3.63) is 47.5 Å². The second-order valence-electron chi connectivity index (χ2n) is 7.42. The molecule has 2 N–H and O–H groups in total. The molecule has 1 amide bonds. The number of hydrogen-bond donors (Lipinski definition) is 2. The minimum Gasteiger partial charge on any atom is -0.377 e. The van der Waals surface area contributed by atoms with Crippen molar-refractivity contribution in [3.8, 4) is 0 Å². The van der Waals surface area contributed by atoms with Crippen LogP contribution in [0.1, 0.15) is 30.1 Å². The van der Waals surface area contributed by atoms with Crippen LogP contribution in [0, 0.1) is 0 Å². The van der Waals surface area contributed by atoms with E-state index in [-0.39, 0.29) is 11.9 Å². The normalized spacial score (nSPS) is 16.1. The van der Waals surface area contributed by atoms with Crippen LogP contribution in [0.3, 0.4) is 0 Å². The standard InChI is InChI=1S/C21H31N7O2/c1-22-21(23-12-11-20(29)27(2)13-16-7-5-4-6-8-16)24-17-9-10-19-25-18(15-30-3)26-28(19)14-17/h4-8,17H,9-15H2,1-3H3,(H2,22,23,24). The van der Waals surface area contributed by atoms with Gasteiger partial charge in [-0.2, -0.15) is 5.10 Å². The van der Waals surface area contributed by atoms with E-state index in [0.717, 1.165) is 30.8 Å². The fourth-order valence-electron chi connectivity index (χ4n) is 3.48. The smallest absolute Gasteiger partial charge is 0.224 e. The Morgan fingerprint density at radius 3 is 2.90 bits per heavy atom. The molecule has 0 spiro atoms. The van der Waals surface area contributed by atoms with Gasteiger partial charge < -0.3 is 20.3 Å². The van der Waals surface area contributed by atoms with Crippen LogP contribution in [0.15, 0.2) is 35.3 Å². The summed E-state index contributed by atoms with van der Waals surface area (Å²) < 4.78 is 7.05. The molecule has 0 saturated heterocycles. The molecule has 0 aliphatic carbocycles. The average molecular weight is 414 g/mol. The number of methoxy groups -OCH3 is 1. The molecule has 1 aliphatic rings. The van der Waals surface area contributed by atoms with Crippen molar-refractivity contribution in [2.24, 2.45) is 4.99 Å². The summed E-state index contributed by atoms with van der Waals surface area (Å²) in [4.78, 5) is 22.9. The molecule has 1 atom stereocenters. The summed E-state index contributed by atoms with van der Waals surface area (Å²) in [6, 6.07) is 10.2. The first-order valence-corrected chi connectivity index (χ1v) is 10.3. The van der Waals surface area contributed by atoms with E-state index in [9.17, 15) is 4.79 Å². The highest BCUT2D eigenvalue weighted by Crippen LogP contribution is 2.13.